The maximum Gasteiger partial charge on any atom is 0.243 e. The SMILES string of the molecule is CSCC[C@H](N)C(=O)N[C@@H](Cc1ccc(O)cc1)C(=O)N[C@@H](Cc1ccccc1)C(N)=O. The summed E-state index contributed by atoms with van der Waals surface area (Å²) in [6, 6.07) is 12.8. The number of hydrogen-bond donors (Lipinski definition) is 5. The minimum absolute atomic E-state index is 0.0922. The van der Waals surface area contributed by atoms with E-state index < -0.39 is 35.8 Å². The molecule has 0 aliphatic rings. The molecule has 0 radical (unpaired) electrons. The predicted molar refractivity (Wildman–Crippen MR) is 126 cm³/mol. The Kier molecular flexibility index (Phi) is 10.0. The number of aromatic hydroxyl groups is 1. The number of carbonyl (C=O) groups excluding carboxylic acids is 3. The lowest BCUT2D eigenvalue weighted by molar-refractivity contribution is -0.131. The maximum atomic E-state index is 13.1. The van der Waals surface area contributed by atoms with Crippen LogP contribution in [-0.4, -0.2) is 53.0 Å². The molecular formula is C23H30N4O4S. The number of rotatable bonds is 12. The number of carbonyl (C=O) groups is 3. The van der Waals surface area contributed by atoms with Crippen LogP contribution >= 0.6 is 11.8 Å². The van der Waals surface area contributed by atoms with Crippen molar-refractivity contribution in [3.63, 3.8) is 0 Å². The summed E-state index contributed by atoms with van der Waals surface area (Å²) in [5.74, 6) is -0.854. The Hall–Kier alpha value is -3.04. The van der Waals surface area contributed by atoms with Crippen molar-refractivity contribution in [3.05, 3.63) is 65.7 Å². The van der Waals surface area contributed by atoms with Crippen LogP contribution in [-0.2, 0) is 27.2 Å². The molecule has 0 aromatic heterocycles. The molecule has 7 N–H and O–H groups in total. The van der Waals surface area contributed by atoms with Gasteiger partial charge >= 0.3 is 0 Å². The third kappa shape index (κ3) is 8.24. The first kappa shape index (κ1) is 25.2. The minimum atomic E-state index is -0.968. The quantitative estimate of drug-likeness (QED) is 0.316. The molecule has 0 heterocycles. The number of phenols is 1. The second-order valence-electron chi connectivity index (χ2n) is 7.47. The van der Waals surface area contributed by atoms with Gasteiger partial charge in [0.1, 0.15) is 17.8 Å². The molecule has 0 saturated heterocycles. The van der Waals surface area contributed by atoms with E-state index in [1.165, 1.54) is 12.1 Å². The molecule has 9 heteroatoms. The summed E-state index contributed by atoms with van der Waals surface area (Å²) in [5.41, 5.74) is 13.0. The normalized spacial score (nSPS) is 13.6. The van der Waals surface area contributed by atoms with Crippen LogP contribution in [0.2, 0.25) is 0 Å². The molecule has 0 aliphatic carbocycles. The lowest BCUT2D eigenvalue weighted by Gasteiger charge is -2.23. The first-order valence-corrected chi connectivity index (χ1v) is 11.7. The van der Waals surface area contributed by atoms with Crippen molar-refractivity contribution < 1.29 is 19.5 Å². The Balaban J connectivity index is 2.15. The molecule has 3 atom stereocenters. The number of thioether (sulfide) groups is 1. The Morgan fingerprint density at radius 2 is 1.47 bits per heavy atom. The molecule has 2 aromatic carbocycles. The molecule has 0 aliphatic heterocycles. The van der Waals surface area contributed by atoms with Crippen LogP contribution in [0.3, 0.4) is 0 Å². The molecular weight excluding hydrogens is 428 g/mol. The number of nitrogens with one attached hydrogen (secondary N) is 2. The average molecular weight is 459 g/mol. The molecule has 8 nitrogen and oxygen atoms in total. The summed E-state index contributed by atoms with van der Waals surface area (Å²) in [4.78, 5) is 37.6. The highest BCUT2D eigenvalue weighted by Gasteiger charge is 2.27. The van der Waals surface area contributed by atoms with E-state index in [4.69, 9.17) is 11.5 Å². The monoisotopic (exact) mass is 458 g/mol. The molecule has 0 spiro atoms. The zero-order valence-electron chi connectivity index (χ0n) is 18.0. The van der Waals surface area contributed by atoms with E-state index in [-0.39, 0.29) is 18.6 Å². The van der Waals surface area contributed by atoms with E-state index in [0.717, 1.165) is 11.1 Å². The molecule has 0 unspecified atom stereocenters. The highest BCUT2D eigenvalue weighted by atomic mass is 32.2. The third-order valence-corrected chi connectivity index (χ3v) is 5.57. The van der Waals surface area contributed by atoms with Crippen molar-refractivity contribution in [3.8, 4) is 5.75 Å². The first-order chi connectivity index (χ1) is 15.3. The van der Waals surface area contributed by atoms with Gasteiger partial charge in [-0.25, -0.2) is 0 Å². The Labute approximate surface area is 192 Å². The Morgan fingerprint density at radius 1 is 0.906 bits per heavy atom. The Morgan fingerprint density at radius 3 is 2.06 bits per heavy atom. The molecule has 0 bridgehead atoms. The summed E-state index contributed by atoms with van der Waals surface area (Å²) < 4.78 is 0. The van der Waals surface area contributed by atoms with Gasteiger partial charge in [-0.15, -0.1) is 0 Å². The van der Waals surface area contributed by atoms with E-state index in [2.05, 4.69) is 10.6 Å². The minimum Gasteiger partial charge on any atom is -0.508 e. The molecule has 0 fully saturated rings. The van der Waals surface area contributed by atoms with Crippen LogP contribution in [0.25, 0.3) is 0 Å². The zero-order valence-corrected chi connectivity index (χ0v) is 18.8. The fourth-order valence-electron chi connectivity index (χ4n) is 3.08. The van der Waals surface area contributed by atoms with Crippen molar-refractivity contribution in [2.75, 3.05) is 12.0 Å². The van der Waals surface area contributed by atoms with Crippen molar-refractivity contribution >= 4 is 29.5 Å². The van der Waals surface area contributed by atoms with Crippen LogP contribution < -0.4 is 22.1 Å². The standard InChI is InChI=1S/C23H30N4O4S/c1-32-12-11-18(24)22(30)27-20(14-16-7-9-17(28)10-8-16)23(31)26-19(21(25)29)13-15-5-3-2-4-6-15/h2-10,18-20,28H,11-14,24H2,1H3,(H2,25,29)(H,26,31)(H,27,30)/t18-,19-,20-/m0/s1. The summed E-state index contributed by atoms with van der Waals surface area (Å²) in [5, 5.41) is 14.9. The summed E-state index contributed by atoms with van der Waals surface area (Å²) in [6.45, 7) is 0. The van der Waals surface area contributed by atoms with Crippen LogP contribution in [0.5, 0.6) is 5.75 Å². The summed E-state index contributed by atoms with van der Waals surface area (Å²) in [6.07, 6.45) is 2.78. The molecule has 172 valence electrons. The second-order valence-corrected chi connectivity index (χ2v) is 8.46. The van der Waals surface area contributed by atoms with Gasteiger partial charge in [-0.1, -0.05) is 42.5 Å². The van der Waals surface area contributed by atoms with Crippen molar-refractivity contribution in [1.29, 1.82) is 0 Å². The number of amides is 3. The zero-order chi connectivity index (χ0) is 23.5. The number of hydrogen-bond acceptors (Lipinski definition) is 6. The predicted octanol–water partition coefficient (Wildman–Crippen LogP) is 0.713. The fourth-order valence-corrected chi connectivity index (χ4v) is 3.57. The number of benzene rings is 2. The van der Waals surface area contributed by atoms with Crippen LogP contribution in [0.15, 0.2) is 54.6 Å². The van der Waals surface area contributed by atoms with Crippen molar-refractivity contribution in [1.82, 2.24) is 10.6 Å². The lowest BCUT2D eigenvalue weighted by Crippen LogP contribution is -2.56. The van der Waals surface area contributed by atoms with Crippen LogP contribution in [0.4, 0.5) is 0 Å². The van der Waals surface area contributed by atoms with Crippen LogP contribution in [0, 0.1) is 0 Å². The number of nitrogens with two attached hydrogens (primary N) is 2. The van der Waals surface area contributed by atoms with E-state index >= 15 is 0 Å². The average Bonchev–Trinajstić information content (AvgIpc) is 2.78. The number of phenolic OH excluding ortho intramolecular Hbond substituents is 1. The van der Waals surface area contributed by atoms with Gasteiger partial charge in [0.15, 0.2) is 0 Å². The maximum absolute atomic E-state index is 13.1. The van der Waals surface area contributed by atoms with Gasteiger partial charge in [-0.3, -0.25) is 14.4 Å². The largest absolute Gasteiger partial charge is 0.508 e. The van der Waals surface area contributed by atoms with E-state index in [1.54, 1.807) is 23.9 Å². The van der Waals surface area contributed by atoms with Gasteiger partial charge in [-0.2, -0.15) is 11.8 Å². The first-order valence-electron chi connectivity index (χ1n) is 10.3. The van der Waals surface area contributed by atoms with Crippen LogP contribution in [0.1, 0.15) is 17.5 Å². The molecule has 0 saturated carbocycles. The highest BCUT2D eigenvalue weighted by molar-refractivity contribution is 7.98. The van der Waals surface area contributed by atoms with Gasteiger partial charge in [0.2, 0.25) is 17.7 Å². The van der Waals surface area contributed by atoms with Crippen molar-refractivity contribution in [2.45, 2.75) is 37.4 Å². The van der Waals surface area contributed by atoms with Gasteiger partial charge in [0.25, 0.3) is 0 Å². The summed E-state index contributed by atoms with van der Waals surface area (Å²) >= 11 is 1.57. The summed E-state index contributed by atoms with van der Waals surface area (Å²) in [7, 11) is 0. The molecule has 2 aromatic rings. The third-order valence-electron chi connectivity index (χ3n) is 4.92. The highest BCUT2D eigenvalue weighted by Crippen LogP contribution is 2.12. The van der Waals surface area contributed by atoms with Gasteiger partial charge in [0.05, 0.1) is 6.04 Å². The fraction of sp³-hybridized carbons (Fsp3) is 0.348. The van der Waals surface area contributed by atoms with E-state index in [9.17, 15) is 19.5 Å². The Bertz CT molecular complexity index is 893. The van der Waals surface area contributed by atoms with Gasteiger partial charge < -0.3 is 27.2 Å². The smallest absolute Gasteiger partial charge is 0.243 e. The number of primary amides is 1. The van der Waals surface area contributed by atoms with E-state index in [0.29, 0.717) is 12.2 Å². The lowest BCUT2D eigenvalue weighted by atomic mass is 10.0. The topological polar surface area (TPSA) is 148 Å². The van der Waals surface area contributed by atoms with E-state index in [1.807, 2.05) is 36.6 Å². The molecule has 32 heavy (non-hydrogen) atoms. The molecule has 3 amide bonds. The second kappa shape index (κ2) is 12.7. The van der Waals surface area contributed by atoms with Gasteiger partial charge in [0, 0.05) is 12.8 Å². The molecule has 2 rings (SSSR count). The van der Waals surface area contributed by atoms with Crippen molar-refractivity contribution in [2.24, 2.45) is 11.5 Å². The van der Waals surface area contributed by atoms with Gasteiger partial charge in [-0.05, 0) is 41.7 Å².